The molecule has 110 valence electrons. The lowest BCUT2D eigenvalue weighted by molar-refractivity contribution is 0.242. The van der Waals surface area contributed by atoms with E-state index in [0.29, 0.717) is 10.0 Å². The summed E-state index contributed by atoms with van der Waals surface area (Å²) in [4.78, 5) is 12.1. The highest BCUT2D eigenvalue weighted by molar-refractivity contribution is 6.42. The summed E-state index contributed by atoms with van der Waals surface area (Å²) in [6.45, 7) is 3.74. The zero-order valence-electron chi connectivity index (χ0n) is 11.8. The first-order valence-electron chi connectivity index (χ1n) is 6.49. The number of amides is 2. The van der Waals surface area contributed by atoms with Crippen molar-refractivity contribution in [3.63, 3.8) is 0 Å². The van der Waals surface area contributed by atoms with E-state index in [2.05, 4.69) is 10.6 Å². The molecule has 0 aliphatic carbocycles. The molecule has 0 saturated carbocycles. The van der Waals surface area contributed by atoms with Gasteiger partial charge in [0, 0.05) is 5.69 Å². The number of benzene rings is 2. The molecule has 2 amide bonds. The van der Waals surface area contributed by atoms with Crippen LogP contribution in [-0.2, 0) is 5.54 Å². The van der Waals surface area contributed by atoms with Gasteiger partial charge in [-0.3, -0.25) is 0 Å². The molecule has 2 rings (SSSR count). The SMILES string of the molecule is CC(C)(NC(=O)Nc1ccccc1)c1cccc(Cl)c1Cl. The molecule has 2 aromatic carbocycles. The van der Waals surface area contributed by atoms with Crippen LogP contribution in [0.4, 0.5) is 10.5 Å². The fourth-order valence-electron chi connectivity index (χ4n) is 2.02. The lowest BCUT2D eigenvalue weighted by atomic mass is 9.94. The number of nitrogens with one attached hydrogen (secondary N) is 2. The zero-order valence-corrected chi connectivity index (χ0v) is 13.3. The Bertz CT molecular complexity index is 642. The number of anilines is 1. The third kappa shape index (κ3) is 3.90. The van der Waals surface area contributed by atoms with Gasteiger partial charge in [0.15, 0.2) is 0 Å². The van der Waals surface area contributed by atoms with Gasteiger partial charge in [0.1, 0.15) is 0 Å². The van der Waals surface area contributed by atoms with Gasteiger partial charge in [0.25, 0.3) is 0 Å². The molecule has 0 bridgehead atoms. The molecule has 0 radical (unpaired) electrons. The molecular formula is C16H16Cl2N2O. The lowest BCUT2D eigenvalue weighted by Gasteiger charge is -2.28. The largest absolute Gasteiger partial charge is 0.329 e. The Morgan fingerprint density at radius 3 is 2.33 bits per heavy atom. The number of urea groups is 1. The van der Waals surface area contributed by atoms with Crippen molar-refractivity contribution >= 4 is 34.9 Å². The molecule has 0 aromatic heterocycles. The predicted molar refractivity (Wildman–Crippen MR) is 88.1 cm³/mol. The second kappa shape index (κ2) is 6.37. The molecule has 0 saturated heterocycles. The minimum Gasteiger partial charge on any atom is -0.329 e. The van der Waals surface area contributed by atoms with Crippen LogP contribution in [0.2, 0.25) is 10.0 Å². The topological polar surface area (TPSA) is 41.1 Å². The fourth-order valence-corrected chi connectivity index (χ4v) is 2.56. The van der Waals surface area contributed by atoms with Gasteiger partial charge in [-0.1, -0.05) is 53.5 Å². The molecular weight excluding hydrogens is 307 g/mol. The average Bonchev–Trinajstić information content (AvgIpc) is 2.42. The second-order valence-electron chi connectivity index (χ2n) is 5.17. The van der Waals surface area contributed by atoms with Gasteiger partial charge < -0.3 is 10.6 Å². The van der Waals surface area contributed by atoms with Crippen molar-refractivity contribution in [1.82, 2.24) is 5.32 Å². The standard InChI is InChI=1S/C16H16Cl2N2O/c1-16(2,12-9-6-10-13(17)14(12)18)20-15(21)19-11-7-4-3-5-8-11/h3-10H,1-2H3,(H2,19,20,21). The number of hydrogen-bond donors (Lipinski definition) is 2. The maximum absolute atomic E-state index is 12.1. The monoisotopic (exact) mass is 322 g/mol. The Balaban J connectivity index is 2.13. The molecule has 2 aromatic rings. The number of rotatable bonds is 3. The van der Waals surface area contributed by atoms with E-state index >= 15 is 0 Å². The Morgan fingerprint density at radius 2 is 1.67 bits per heavy atom. The summed E-state index contributed by atoms with van der Waals surface area (Å²) in [5.41, 5.74) is 0.837. The Hall–Kier alpha value is -1.71. The predicted octanol–water partition coefficient (Wildman–Crippen LogP) is 5.05. The molecule has 5 heteroatoms. The average molecular weight is 323 g/mol. The van der Waals surface area contributed by atoms with Gasteiger partial charge in [-0.25, -0.2) is 4.79 Å². The Morgan fingerprint density at radius 1 is 1.00 bits per heavy atom. The first-order valence-corrected chi connectivity index (χ1v) is 7.24. The highest BCUT2D eigenvalue weighted by atomic mass is 35.5. The maximum Gasteiger partial charge on any atom is 0.319 e. The van der Waals surface area contributed by atoms with E-state index in [0.717, 1.165) is 11.3 Å². The number of halogens is 2. The zero-order chi connectivity index (χ0) is 15.5. The summed E-state index contributed by atoms with van der Waals surface area (Å²) in [7, 11) is 0. The van der Waals surface area contributed by atoms with Crippen LogP contribution in [-0.4, -0.2) is 6.03 Å². The minimum atomic E-state index is -0.652. The minimum absolute atomic E-state index is 0.303. The summed E-state index contributed by atoms with van der Waals surface area (Å²) in [6.07, 6.45) is 0. The van der Waals surface area contributed by atoms with E-state index in [-0.39, 0.29) is 6.03 Å². The van der Waals surface area contributed by atoms with E-state index in [1.54, 1.807) is 6.07 Å². The highest BCUT2D eigenvalue weighted by Crippen LogP contribution is 2.33. The smallest absolute Gasteiger partial charge is 0.319 e. The van der Waals surface area contributed by atoms with E-state index in [9.17, 15) is 4.79 Å². The second-order valence-corrected chi connectivity index (χ2v) is 5.96. The van der Waals surface area contributed by atoms with Crippen LogP contribution in [0.3, 0.4) is 0 Å². The van der Waals surface area contributed by atoms with Gasteiger partial charge in [-0.15, -0.1) is 0 Å². The van der Waals surface area contributed by atoms with E-state index < -0.39 is 5.54 Å². The Labute approximate surface area is 134 Å². The van der Waals surface area contributed by atoms with Crippen LogP contribution in [0.15, 0.2) is 48.5 Å². The van der Waals surface area contributed by atoms with Crippen LogP contribution in [0.25, 0.3) is 0 Å². The lowest BCUT2D eigenvalue weighted by Crippen LogP contribution is -2.43. The number of hydrogen-bond acceptors (Lipinski definition) is 1. The van der Waals surface area contributed by atoms with Crippen LogP contribution in [0, 0.1) is 0 Å². The van der Waals surface area contributed by atoms with Gasteiger partial charge >= 0.3 is 6.03 Å². The van der Waals surface area contributed by atoms with Crippen LogP contribution in [0.5, 0.6) is 0 Å². The first-order chi connectivity index (χ1) is 9.90. The number of carbonyl (C=O) groups is 1. The van der Waals surface area contributed by atoms with Crippen molar-refractivity contribution in [2.45, 2.75) is 19.4 Å². The van der Waals surface area contributed by atoms with E-state index in [1.807, 2.05) is 56.3 Å². The molecule has 0 spiro atoms. The summed E-state index contributed by atoms with van der Waals surface area (Å²) in [5.74, 6) is 0. The van der Waals surface area contributed by atoms with Crippen molar-refractivity contribution in [2.24, 2.45) is 0 Å². The molecule has 3 nitrogen and oxygen atoms in total. The maximum atomic E-state index is 12.1. The molecule has 2 N–H and O–H groups in total. The molecule has 0 aliphatic rings. The van der Waals surface area contributed by atoms with Crippen molar-refractivity contribution in [2.75, 3.05) is 5.32 Å². The van der Waals surface area contributed by atoms with Crippen molar-refractivity contribution in [3.05, 3.63) is 64.1 Å². The van der Waals surface area contributed by atoms with E-state index in [1.165, 1.54) is 0 Å². The molecule has 0 unspecified atom stereocenters. The van der Waals surface area contributed by atoms with Crippen LogP contribution in [0.1, 0.15) is 19.4 Å². The summed E-state index contributed by atoms with van der Waals surface area (Å²) in [5, 5.41) is 6.59. The molecule has 0 heterocycles. The van der Waals surface area contributed by atoms with Gasteiger partial charge in [-0.2, -0.15) is 0 Å². The summed E-state index contributed by atoms with van der Waals surface area (Å²) < 4.78 is 0. The van der Waals surface area contributed by atoms with Gasteiger partial charge in [0.2, 0.25) is 0 Å². The molecule has 0 fully saturated rings. The quantitative estimate of drug-likeness (QED) is 0.815. The van der Waals surface area contributed by atoms with Crippen molar-refractivity contribution < 1.29 is 4.79 Å². The molecule has 0 atom stereocenters. The van der Waals surface area contributed by atoms with E-state index in [4.69, 9.17) is 23.2 Å². The van der Waals surface area contributed by atoms with Crippen molar-refractivity contribution in [1.29, 1.82) is 0 Å². The van der Waals surface area contributed by atoms with Crippen LogP contribution < -0.4 is 10.6 Å². The van der Waals surface area contributed by atoms with Crippen molar-refractivity contribution in [3.8, 4) is 0 Å². The number of para-hydroxylation sites is 1. The molecule has 0 aliphatic heterocycles. The van der Waals surface area contributed by atoms with Crippen LogP contribution >= 0.6 is 23.2 Å². The third-order valence-corrected chi connectivity index (χ3v) is 3.90. The van der Waals surface area contributed by atoms with Gasteiger partial charge in [0.05, 0.1) is 15.6 Å². The fraction of sp³-hybridized carbons (Fsp3) is 0.188. The Kier molecular flexibility index (Phi) is 4.76. The number of carbonyl (C=O) groups excluding carboxylic acids is 1. The van der Waals surface area contributed by atoms with Gasteiger partial charge in [-0.05, 0) is 37.6 Å². The highest BCUT2D eigenvalue weighted by Gasteiger charge is 2.26. The normalized spacial score (nSPS) is 11.0. The third-order valence-electron chi connectivity index (χ3n) is 3.08. The summed E-state index contributed by atoms with van der Waals surface area (Å²) in [6, 6.07) is 14.3. The molecule has 21 heavy (non-hydrogen) atoms. The first kappa shape index (κ1) is 15.7. The summed E-state index contributed by atoms with van der Waals surface area (Å²) >= 11 is 12.2.